The van der Waals surface area contributed by atoms with Gasteiger partial charge in [-0.1, -0.05) is 65.2 Å². The second-order valence-electron chi connectivity index (χ2n) is 6.42. The van der Waals surface area contributed by atoms with Gasteiger partial charge in [0.15, 0.2) is 0 Å². The number of unbranched alkanes of at least 4 members (excludes halogenated alkanes) is 6. The van der Waals surface area contributed by atoms with Crippen LogP contribution < -0.4 is 0 Å². The van der Waals surface area contributed by atoms with E-state index in [0.29, 0.717) is 13.2 Å². The molecule has 0 aliphatic heterocycles. The Bertz CT molecular complexity index is 296. The highest BCUT2D eigenvalue weighted by Gasteiger charge is 2.34. The lowest BCUT2D eigenvalue weighted by Gasteiger charge is -2.24. The smallest absolute Gasteiger partial charge is 0.309 e. The van der Waals surface area contributed by atoms with Crippen molar-refractivity contribution in [1.29, 1.82) is 0 Å². The molecule has 4 heteroatoms. The molecule has 0 rings (SSSR count). The van der Waals surface area contributed by atoms with E-state index in [-0.39, 0.29) is 23.8 Å². The summed E-state index contributed by atoms with van der Waals surface area (Å²) in [7, 11) is 0. The Hall–Kier alpha value is -1.06. The predicted octanol–water partition coefficient (Wildman–Crippen LogP) is 5.29. The molecule has 0 radical (unpaired) electrons. The van der Waals surface area contributed by atoms with Crippen molar-refractivity contribution in [3.63, 3.8) is 0 Å². The molecule has 2 unspecified atom stereocenters. The molecule has 0 aromatic rings. The molecule has 0 spiro atoms. The minimum absolute atomic E-state index is 0.234. The van der Waals surface area contributed by atoms with Crippen LogP contribution in [0.15, 0.2) is 0 Å². The summed E-state index contributed by atoms with van der Waals surface area (Å²) >= 11 is 0. The third kappa shape index (κ3) is 9.94. The minimum atomic E-state index is -0.359. The SMILES string of the molecule is CCCCCCC(C(=O)OCC)C(CCCCCC)C(=O)OCC. The van der Waals surface area contributed by atoms with E-state index in [1.54, 1.807) is 0 Å². The fourth-order valence-electron chi connectivity index (χ4n) is 3.05. The van der Waals surface area contributed by atoms with Crippen molar-refractivity contribution in [1.82, 2.24) is 0 Å². The lowest BCUT2D eigenvalue weighted by atomic mass is 9.83. The van der Waals surface area contributed by atoms with E-state index in [2.05, 4.69) is 13.8 Å². The molecule has 24 heavy (non-hydrogen) atoms. The Morgan fingerprint density at radius 2 is 1.00 bits per heavy atom. The fourth-order valence-corrected chi connectivity index (χ4v) is 3.05. The molecule has 0 heterocycles. The number of ether oxygens (including phenoxy) is 2. The zero-order chi connectivity index (χ0) is 18.2. The van der Waals surface area contributed by atoms with Crippen molar-refractivity contribution in [2.45, 2.75) is 91.9 Å². The van der Waals surface area contributed by atoms with Crippen LogP contribution in [0.3, 0.4) is 0 Å². The molecule has 0 aromatic heterocycles. The van der Waals surface area contributed by atoms with Gasteiger partial charge < -0.3 is 9.47 Å². The molecule has 0 amide bonds. The van der Waals surface area contributed by atoms with Crippen molar-refractivity contribution in [3.05, 3.63) is 0 Å². The normalized spacial score (nSPS) is 13.3. The van der Waals surface area contributed by atoms with Crippen LogP contribution in [0.2, 0.25) is 0 Å². The molecular weight excluding hydrogens is 304 g/mol. The number of carbonyl (C=O) groups is 2. The first-order valence-electron chi connectivity index (χ1n) is 9.95. The van der Waals surface area contributed by atoms with Gasteiger partial charge in [-0.05, 0) is 26.7 Å². The Labute approximate surface area is 148 Å². The third-order valence-electron chi connectivity index (χ3n) is 4.40. The maximum Gasteiger partial charge on any atom is 0.309 e. The maximum atomic E-state index is 12.4. The average Bonchev–Trinajstić information content (AvgIpc) is 2.56. The number of hydrogen-bond acceptors (Lipinski definition) is 4. The molecule has 0 N–H and O–H groups in total. The van der Waals surface area contributed by atoms with Gasteiger partial charge in [-0.3, -0.25) is 9.59 Å². The lowest BCUT2D eigenvalue weighted by molar-refractivity contribution is -0.161. The van der Waals surface area contributed by atoms with E-state index in [1.165, 1.54) is 0 Å². The van der Waals surface area contributed by atoms with Crippen LogP contribution in [0, 0.1) is 11.8 Å². The van der Waals surface area contributed by atoms with Crippen LogP contribution in [0.4, 0.5) is 0 Å². The van der Waals surface area contributed by atoms with Crippen LogP contribution in [0.5, 0.6) is 0 Å². The summed E-state index contributed by atoms with van der Waals surface area (Å²) in [6.07, 6.45) is 10.2. The van der Waals surface area contributed by atoms with Gasteiger partial charge in [0.1, 0.15) is 0 Å². The molecule has 0 aliphatic carbocycles. The summed E-state index contributed by atoms with van der Waals surface area (Å²) in [5.74, 6) is -1.19. The van der Waals surface area contributed by atoms with Gasteiger partial charge in [-0.2, -0.15) is 0 Å². The summed E-state index contributed by atoms with van der Waals surface area (Å²) < 4.78 is 10.5. The summed E-state index contributed by atoms with van der Waals surface area (Å²) in [5.41, 5.74) is 0. The highest BCUT2D eigenvalue weighted by Crippen LogP contribution is 2.27. The van der Waals surface area contributed by atoms with Gasteiger partial charge in [0.05, 0.1) is 25.0 Å². The van der Waals surface area contributed by atoms with Gasteiger partial charge in [0.25, 0.3) is 0 Å². The first-order valence-corrected chi connectivity index (χ1v) is 9.95. The fraction of sp³-hybridized carbons (Fsp3) is 0.900. The molecule has 4 nitrogen and oxygen atoms in total. The summed E-state index contributed by atoms with van der Waals surface area (Å²) in [6.45, 7) is 8.67. The molecule has 0 saturated heterocycles. The molecule has 2 atom stereocenters. The van der Waals surface area contributed by atoms with Gasteiger partial charge in [-0.25, -0.2) is 0 Å². The van der Waals surface area contributed by atoms with Crippen molar-refractivity contribution < 1.29 is 19.1 Å². The summed E-state index contributed by atoms with van der Waals surface area (Å²) in [5, 5.41) is 0. The van der Waals surface area contributed by atoms with Crippen molar-refractivity contribution >= 4 is 11.9 Å². The Morgan fingerprint density at radius 3 is 1.29 bits per heavy atom. The second-order valence-corrected chi connectivity index (χ2v) is 6.42. The number of rotatable bonds is 15. The van der Waals surface area contributed by atoms with Crippen LogP contribution in [0.25, 0.3) is 0 Å². The quantitative estimate of drug-likeness (QED) is 0.300. The zero-order valence-corrected chi connectivity index (χ0v) is 16.3. The highest BCUT2D eigenvalue weighted by molar-refractivity contribution is 5.82. The standard InChI is InChI=1S/C20H38O4/c1-5-9-11-13-15-17(19(21)23-7-3)18(20(22)24-8-4)16-14-12-10-6-2/h17-18H,5-16H2,1-4H3. The third-order valence-corrected chi connectivity index (χ3v) is 4.40. The monoisotopic (exact) mass is 342 g/mol. The molecule has 142 valence electrons. The molecular formula is C20H38O4. The van der Waals surface area contributed by atoms with Crippen LogP contribution in [0.1, 0.15) is 91.9 Å². The van der Waals surface area contributed by atoms with E-state index in [9.17, 15) is 9.59 Å². The van der Waals surface area contributed by atoms with Gasteiger partial charge in [-0.15, -0.1) is 0 Å². The topological polar surface area (TPSA) is 52.6 Å². The van der Waals surface area contributed by atoms with Crippen molar-refractivity contribution in [3.8, 4) is 0 Å². The largest absolute Gasteiger partial charge is 0.466 e. The second kappa shape index (κ2) is 15.5. The first-order chi connectivity index (χ1) is 11.6. The van der Waals surface area contributed by atoms with Gasteiger partial charge in [0, 0.05) is 0 Å². The molecule has 0 aromatic carbocycles. The van der Waals surface area contributed by atoms with Crippen LogP contribution in [-0.2, 0) is 19.1 Å². The van der Waals surface area contributed by atoms with Crippen LogP contribution in [-0.4, -0.2) is 25.2 Å². The molecule has 0 saturated carbocycles. The van der Waals surface area contributed by atoms with Crippen molar-refractivity contribution in [2.75, 3.05) is 13.2 Å². The number of esters is 2. The Morgan fingerprint density at radius 1 is 0.625 bits per heavy atom. The Balaban J connectivity index is 4.91. The Kier molecular flexibility index (Phi) is 14.8. The summed E-state index contributed by atoms with van der Waals surface area (Å²) in [4.78, 5) is 24.8. The average molecular weight is 343 g/mol. The molecule has 0 aliphatic rings. The first kappa shape index (κ1) is 22.9. The lowest BCUT2D eigenvalue weighted by Crippen LogP contribution is -2.33. The maximum absolute atomic E-state index is 12.4. The zero-order valence-electron chi connectivity index (χ0n) is 16.3. The highest BCUT2D eigenvalue weighted by atomic mass is 16.5. The van der Waals surface area contributed by atoms with E-state index in [0.717, 1.165) is 64.2 Å². The number of hydrogen-bond donors (Lipinski definition) is 0. The van der Waals surface area contributed by atoms with Crippen LogP contribution >= 0.6 is 0 Å². The van der Waals surface area contributed by atoms with E-state index < -0.39 is 0 Å². The van der Waals surface area contributed by atoms with E-state index in [1.807, 2.05) is 13.8 Å². The molecule has 0 fully saturated rings. The van der Waals surface area contributed by atoms with E-state index >= 15 is 0 Å². The van der Waals surface area contributed by atoms with Gasteiger partial charge in [0.2, 0.25) is 0 Å². The minimum Gasteiger partial charge on any atom is -0.466 e. The number of carbonyl (C=O) groups excluding carboxylic acids is 2. The summed E-state index contributed by atoms with van der Waals surface area (Å²) in [6, 6.07) is 0. The van der Waals surface area contributed by atoms with E-state index in [4.69, 9.17) is 9.47 Å². The van der Waals surface area contributed by atoms with Gasteiger partial charge >= 0.3 is 11.9 Å². The predicted molar refractivity (Wildman–Crippen MR) is 97.8 cm³/mol. The van der Waals surface area contributed by atoms with Crippen molar-refractivity contribution in [2.24, 2.45) is 11.8 Å². The molecule has 0 bridgehead atoms.